The molecule has 1 aromatic rings. The van der Waals surface area contributed by atoms with Gasteiger partial charge in [0.1, 0.15) is 11.1 Å². The van der Waals surface area contributed by atoms with E-state index in [-0.39, 0.29) is 30.9 Å². The molecule has 0 spiro atoms. The van der Waals surface area contributed by atoms with Crippen molar-refractivity contribution in [2.75, 3.05) is 11.4 Å². The molecule has 3 amide bonds. The van der Waals surface area contributed by atoms with Gasteiger partial charge in [-0.15, -0.1) is 6.58 Å². The minimum atomic E-state index is -4.68. The molecule has 2 atom stereocenters. The predicted molar refractivity (Wildman–Crippen MR) is 141 cm³/mol. The molecule has 0 aromatic heterocycles. The monoisotopic (exact) mass is 551 g/mol. The van der Waals surface area contributed by atoms with Crippen LogP contribution in [0.2, 0.25) is 0 Å². The molecule has 2 N–H and O–H groups in total. The van der Waals surface area contributed by atoms with Gasteiger partial charge < -0.3 is 14.8 Å². The molecule has 0 heterocycles. The van der Waals surface area contributed by atoms with Gasteiger partial charge in [0.2, 0.25) is 5.91 Å². The molecule has 1 fully saturated rings. The summed E-state index contributed by atoms with van der Waals surface area (Å²) < 4.78 is 39.1. The molecule has 2 rings (SSSR count). The maximum Gasteiger partial charge on any atom is 0.408 e. The van der Waals surface area contributed by atoms with Gasteiger partial charge in [0.05, 0.1) is 12.8 Å². The molecule has 38 heavy (non-hydrogen) atoms. The molecule has 0 bridgehead atoms. The maximum absolute atomic E-state index is 13.4. The molecule has 0 radical (unpaired) electrons. The fraction of sp³-hybridized carbons (Fsp3) is 0.538. The molecule has 1 aromatic carbocycles. The number of alkyl carbamates (subject to hydrolysis) is 1. The number of unbranched alkanes of at least 4 members (excludes halogenated alkanes) is 3. The molecule has 210 valence electrons. The van der Waals surface area contributed by atoms with Crippen LogP contribution in [0, 0.1) is 5.92 Å². The summed E-state index contributed by atoms with van der Waals surface area (Å²) >= 11 is 0. The lowest BCUT2D eigenvalue weighted by Crippen LogP contribution is -2.56. The molecule has 1 aliphatic rings. The normalized spacial score (nSPS) is 18.6. The zero-order valence-electron chi connectivity index (χ0n) is 22.3. The van der Waals surface area contributed by atoms with E-state index in [1.807, 2.05) is 4.72 Å². The third kappa shape index (κ3) is 8.57. The minimum absolute atomic E-state index is 0.0636. The first-order valence-corrected chi connectivity index (χ1v) is 13.9. The number of methoxy groups -OCH3 is 1. The molecule has 12 heteroatoms. The van der Waals surface area contributed by atoms with Gasteiger partial charge in [-0.25, -0.2) is 9.52 Å². The lowest BCUT2D eigenvalue weighted by molar-refractivity contribution is -0.140. The third-order valence-electron chi connectivity index (χ3n) is 5.86. The van der Waals surface area contributed by atoms with Crippen LogP contribution >= 0.6 is 0 Å². The van der Waals surface area contributed by atoms with Gasteiger partial charge in [0.25, 0.3) is 5.91 Å². The van der Waals surface area contributed by atoms with Gasteiger partial charge in [0.15, 0.2) is 0 Å². The van der Waals surface area contributed by atoms with Crippen molar-refractivity contribution in [1.82, 2.24) is 10.0 Å². The highest BCUT2D eigenvalue weighted by Crippen LogP contribution is 2.45. The third-order valence-corrected chi connectivity index (χ3v) is 7.20. The van der Waals surface area contributed by atoms with Gasteiger partial charge in [-0.1, -0.05) is 37.1 Å². The Hall–Kier alpha value is -3.41. The van der Waals surface area contributed by atoms with Crippen molar-refractivity contribution in [1.29, 1.82) is 0 Å². The summed E-state index contributed by atoms with van der Waals surface area (Å²) in [5.74, 6) is -2.55. The van der Waals surface area contributed by atoms with E-state index in [9.17, 15) is 27.6 Å². The largest absolute Gasteiger partial charge is 0.469 e. The highest BCUT2D eigenvalue weighted by molar-refractivity contribution is 7.92. The van der Waals surface area contributed by atoms with E-state index < -0.39 is 45.2 Å². The highest BCUT2D eigenvalue weighted by atomic mass is 32.2. The molecule has 0 saturated heterocycles. The van der Waals surface area contributed by atoms with E-state index >= 15 is 0 Å². The average molecular weight is 552 g/mol. The highest BCUT2D eigenvalue weighted by Gasteiger charge is 2.61. The van der Waals surface area contributed by atoms with Gasteiger partial charge in [0, 0.05) is 18.8 Å². The van der Waals surface area contributed by atoms with Crippen molar-refractivity contribution in [3.05, 3.63) is 43.0 Å². The molecule has 1 saturated carbocycles. The molecule has 0 aliphatic heterocycles. The number of hydrogen-bond donors (Lipinski definition) is 2. The average Bonchev–Trinajstić information content (AvgIpc) is 3.54. The molecular formula is C26H37N3O8S. The van der Waals surface area contributed by atoms with Crippen molar-refractivity contribution < 1.29 is 37.1 Å². The number of anilines is 1. The number of ether oxygens (including phenoxy) is 2. The first kappa shape index (κ1) is 30.8. The summed E-state index contributed by atoms with van der Waals surface area (Å²) in [7, 11) is -3.37. The smallest absolute Gasteiger partial charge is 0.408 e. The Balaban J connectivity index is 2.15. The van der Waals surface area contributed by atoms with Crippen LogP contribution in [-0.4, -0.2) is 50.5 Å². The van der Waals surface area contributed by atoms with Crippen molar-refractivity contribution in [2.45, 2.75) is 76.9 Å². The van der Waals surface area contributed by atoms with E-state index in [4.69, 9.17) is 4.74 Å². The number of hydrogen-bond acceptors (Lipinski definition) is 8. The Bertz CT molecular complexity index is 1130. The SMILES string of the molecule is C=C[C@@H]1C[C@]1(NC(=O)OC(C)(C)C)C(=O)NS(=O)(=O)N(C(=O)CCCCCCC(=O)OC)c1ccccc1. The molecule has 0 unspecified atom stereocenters. The second-order valence-corrected chi connectivity index (χ2v) is 11.6. The summed E-state index contributed by atoms with van der Waals surface area (Å²) in [5, 5.41) is 2.48. The summed E-state index contributed by atoms with van der Waals surface area (Å²) in [5.41, 5.74) is -2.33. The van der Waals surface area contributed by atoms with Crippen LogP contribution in [0.15, 0.2) is 43.0 Å². The summed E-state index contributed by atoms with van der Waals surface area (Å²) in [6, 6.07) is 7.68. The van der Waals surface area contributed by atoms with Crippen molar-refractivity contribution >= 4 is 39.8 Å². The number of amides is 3. The number of nitrogens with zero attached hydrogens (tertiary/aromatic N) is 1. The Morgan fingerprint density at radius 2 is 1.68 bits per heavy atom. The van der Waals surface area contributed by atoms with Crippen LogP contribution in [0.4, 0.5) is 10.5 Å². The Morgan fingerprint density at radius 3 is 2.21 bits per heavy atom. The second kappa shape index (κ2) is 12.9. The van der Waals surface area contributed by atoms with E-state index in [0.717, 1.165) is 0 Å². The minimum Gasteiger partial charge on any atom is -0.469 e. The van der Waals surface area contributed by atoms with E-state index in [1.54, 1.807) is 39.0 Å². The summed E-state index contributed by atoms with van der Waals surface area (Å²) in [6.45, 7) is 8.62. The molecule has 1 aliphatic carbocycles. The zero-order valence-corrected chi connectivity index (χ0v) is 23.1. The predicted octanol–water partition coefficient (Wildman–Crippen LogP) is 3.36. The standard InChI is InChI=1S/C26H37N3O8S/c1-6-19-18-26(19,27-24(33)37-25(2,3)4)23(32)28-38(34,35)29(20-14-10-9-11-15-20)21(30)16-12-7-8-13-17-22(31)36-5/h6,9-11,14-15,19H,1,7-8,12-13,16-18H2,2-5H3,(H,27,33)(H,28,32)/t19-,26-/m1/s1. The Labute approximate surface area is 224 Å². The van der Waals surface area contributed by atoms with Crippen molar-refractivity contribution in [3.8, 4) is 0 Å². The van der Waals surface area contributed by atoms with Crippen LogP contribution in [0.5, 0.6) is 0 Å². The van der Waals surface area contributed by atoms with Gasteiger partial charge in [-0.05, 0) is 52.2 Å². The van der Waals surface area contributed by atoms with Crippen LogP contribution in [-0.2, 0) is 34.1 Å². The number of para-hydroxylation sites is 1. The van der Waals surface area contributed by atoms with Crippen LogP contribution < -0.4 is 14.3 Å². The number of esters is 1. The summed E-state index contributed by atoms with van der Waals surface area (Å²) in [6.07, 6.45) is 3.11. The second-order valence-electron chi connectivity index (χ2n) is 10.1. The maximum atomic E-state index is 13.4. The molecule has 11 nitrogen and oxygen atoms in total. The number of benzene rings is 1. The quantitative estimate of drug-likeness (QED) is 0.215. The number of carbonyl (C=O) groups excluding carboxylic acids is 4. The van der Waals surface area contributed by atoms with E-state index in [0.29, 0.717) is 30.0 Å². The zero-order chi connectivity index (χ0) is 28.6. The van der Waals surface area contributed by atoms with Gasteiger partial charge >= 0.3 is 22.3 Å². The van der Waals surface area contributed by atoms with Crippen molar-refractivity contribution in [3.63, 3.8) is 0 Å². The lowest BCUT2D eigenvalue weighted by Gasteiger charge is -2.26. The van der Waals surface area contributed by atoms with E-state index in [2.05, 4.69) is 16.6 Å². The molecular weight excluding hydrogens is 514 g/mol. The first-order chi connectivity index (χ1) is 17.8. The lowest BCUT2D eigenvalue weighted by atomic mass is 10.1. The van der Waals surface area contributed by atoms with Gasteiger partial charge in [-0.2, -0.15) is 12.7 Å². The number of carbonyl (C=O) groups is 4. The summed E-state index contributed by atoms with van der Waals surface area (Å²) in [4.78, 5) is 49.9. The van der Waals surface area contributed by atoms with Crippen LogP contribution in [0.25, 0.3) is 0 Å². The van der Waals surface area contributed by atoms with E-state index in [1.165, 1.54) is 25.3 Å². The fourth-order valence-electron chi connectivity index (χ4n) is 3.86. The van der Waals surface area contributed by atoms with Crippen molar-refractivity contribution in [2.24, 2.45) is 5.92 Å². The first-order valence-electron chi connectivity index (χ1n) is 12.4. The van der Waals surface area contributed by atoms with Gasteiger partial charge in [-0.3, -0.25) is 14.4 Å². The fourth-order valence-corrected chi connectivity index (χ4v) is 5.12. The van der Waals surface area contributed by atoms with Crippen LogP contribution in [0.3, 0.4) is 0 Å². The topological polar surface area (TPSA) is 148 Å². The number of rotatable bonds is 13. The Kier molecular flexibility index (Phi) is 10.5. The number of nitrogens with one attached hydrogen (secondary N) is 2. The van der Waals surface area contributed by atoms with Crippen LogP contribution in [0.1, 0.15) is 65.7 Å². The Morgan fingerprint density at radius 1 is 1.08 bits per heavy atom.